The largest absolute Gasteiger partial charge is 0.453 e. The predicted octanol–water partition coefficient (Wildman–Crippen LogP) is 2.58. The van der Waals surface area contributed by atoms with Crippen LogP contribution in [-0.2, 0) is 7.05 Å². The highest BCUT2D eigenvalue weighted by Crippen LogP contribution is 2.27. The van der Waals surface area contributed by atoms with E-state index in [-0.39, 0.29) is 0 Å². The predicted molar refractivity (Wildman–Crippen MR) is 70.5 cm³/mol. The molecule has 2 aromatic heterocycles. The third-order valence-corrected chi connectivity index (χ3v) is 2.99. The van der Waals surface area contributed by atoms with Crippen molar-refractivity contribution in [2.24, 2.45) is 7.05 Å². The van der Waals surface area contributed by atoms with Gasteiger partial charge in [0.15, 0.2) is 5.76 Å². The molecule has 2 heterocycles. The second-order valence-electron chi connectivity index (χ2n) is 4.31. The molecule has 0 aliphatic carbocycles. The molecule has 0 fully saturated rings. The van der Waals surface area contributed by atoms with E-state index in [1.807, 2.05) is 36.9 Å². The van der Waals surface area contributed by atoms with Crippen LogP contribution >= 0.6 is 0 Å². The van der Waals surface area contributed by atoms with Crippen molar-refractivity contribution in [3.63, 3.8) is 0 Å². The zero-order chi connectivity index (χ0) is 12.7. The van der Waals surface area contributed by atoms with Crippen LogP contribution in [0.2, 0.25) is 0 Å². The molecule has 0 amide bonds. The van der Waals surface area contributed by atoms with Gasteiger partial charge >= 0.3 is 0 Å². The van der Waals surface area contributed by atoms with E-state index in [0.29, 0.717) is 11.8 Å². The number of nitrogens with one attached hydrogen (secondary N) is 1. The van der Waals surface area contributed by atoms with Crippen LogP contribution in [0.3, 0.4) is 0 Å². The molecule has 92 valence electrons. The molecular formula is C13H14N4O. The molecule has 0 saturated carbocycles. The van der Waals surface area contributed by atoms with Gasteiger partial charge in [0.25, 0.3) is 0 Å². The van der Waals surface area contributed by atoms with Gasteiger partial charge in [0, 0.05) is 19.5 Å². The van der Waals surface area contributed by atoms with E-state index in [9.17, 15) is 0 Å². The highest BCUT2D eigenvalue weighted by molar-refractivity contribution is 5.82. The van der Waals surface area contributed by atoms with Gasteiger partial charge in [-0.25, -0.2) is 0 Å². The summed E-state index contributed by atoms with van der Waals surface area (Å²) in [5, 5.41) is 12.2. The highest BCUT2D eigenvalue weighted by Gasteiger charge is 2.14. The van der Waals surface area contributed by atoms with Gasteiger partial charge in [-0.1, -0.05) is 11.6 Å². The van der Waals surface area contributed by atoms with Crippen LogP contribution in [0.5, 0.6) is 0 Å². The van der Waals surface area contributed by atoms with Gasteiger partial charge in [0.2, 0.25) is 11.8 Å². The molecule has 3 aromatic rings. The molecule has 0 atom stereocenters. The Morgan fingerprint density at radius 2 is 2.06 bits per heavy atom. The number of hydrogen-bond acceptors (Lipinski definition) is 4. The zero-order valence-electron chi connectivity index (χ0n) is 10.6. The summed E-state index contributed by atoms with van der Waals surface area (Å²) in [7, 11) is 3.72. The molecule has 0 saturated heterocycles. The van der Waals surface area contributed by atoms with Crippen LogP contribution in [0, 0.1) is 6.92 Å². The van der Waals surface area contributed by atoms with E-state index in [2.05, 4.69) is 28.5 Å². The van der Waals surface area contributed by atoms with E-state index < -0.39 is 0 Å². The SMILES string of the molecule is CNc1nnc(-c2cc3cc(C)ccc3o2)n1C. The average molecular weight is 242 g/mol. The lowest BCUT2D eigenvalue weighted by Gasteiger charge is -1.99. The molecule has 0 aliphatic rings. The Morgan fingerprint density at radius 3 is 2.78 bits per heavy atom. The van der Waals surface area contributed by atoms with Crippen molar-refractivity contribution in [3.8, 4) is 11.6 Å². The first kappa shape index (κ1) is 10.8. The maximum Gasteiger partial charge on any atom is 0.224 e. The lowest BCUT2D eigenvalue weighted by atomic mass is 10.2. The molecule has 18 heavy (non-hydrogen) atoms. The molecule has 5 nitrogen and oxygen atoms in total. The van der Waals surface area contributed by atoms with Crippen molar-refractivity contribution in [2.75, 3.05) is 12.4 Å². The fraction of sp³-hybridized carbons (Fsp3) is 0.231. The third-order valence-electron chi connectivity index (χ3n) is 2.99. The Hall–Kier alpha value is -2.30. The van der Waals surface area contributed by atoms with Gasteiger partial charge < -0.3 is 9.73 Å². The van der Waals surface area contributed by atoms with E-state index >= 15 is 0 Å². The van der Waals surface area contributed by atoms with E-state index in [4.69, 9.17) is 4.42 Å². The molecule has 0 aliphatic heterocycles. The van der Waals surface area contributed by atoms with Crippen LogP contribution in [0.1, 0.15) is 5.56 Å². The van der Waals surface area contributed by atoms with Crippen molar-refractivity contribution in [2.45, 2.75) is 6.92 Å². The van der Waals surface area contributed by atoms with E-state index in [1.54, 1.807) is 0 Å². The third kappa shape index (κ3) is 1.55. The summed E-state index contributed by atoms with van der Waals surface area (Å²) in [6.07, 6.45) is 0. The van der Waals surface area contributed by atoms with Gasteiger partial charge in [-0.2, -0.15) is 0 Å². The summed E-state index contributed by atoms with van der Waals surface area (Å²) in [6.45, 7) is 2.06. The van der Waals surface area contributed by atoms with Crippen LogP contribution < -0.4 is 5.32 Å². The molecule has 0 spiro atoms. The number of benzene rings is 1. The topological polar surface area (TPSA) is 55.9 Å². The number of furan rings is 1. The first-order valence-electron chi connectivity index (χ1n) is 5.77. The van der Waals surface area contributed by atoms with Crippen molar-refractivity contribution in [3.05, 3.63) is 29.8 Å². The Bertz CT molecular complexity index is 711. The molecule has 3 rings (SSSR count). The van der Waals surface area contributed by atoms with Crippen LogP contribution in [-0.4, -0.2) is 21.8 Å². The van der Waals surface area contributed by atoms with E-state index in [1.165, 1.54) is 5.56 Å². The smallest absolute Gasteiger partial charge is 0.224 e. The van der Waals surface area contributed by atoms with Crippen molar-refractivity contribution >= 4 is 16.9 Å². The van der Waals surface area contributed by atoms with Crippen LogP contribution in [0.4, 0.5) is 5.95 Å². The first-order valence-corrected chi connectivity index (χ1v) is 5.77. The summed E-state index contributed by atoms with van der Waals surface area (Å²) in [6, 6.07) is 8.10. The Balaban J connectivity index is 2.16. The molecule has 1 aromatic carbocycles. The summed E-state index contributed by atoms with van der Waals surface area (Å²) in [4.78, 5) is 0. The molecule has 0 radical (unpaired) electrons. The number of fused-ring (bicyclic) bond motifs is 1. The average Bonchev–Trinajstić information content (AvgIpc) is 2.91. The fourth-order valence-corrected chi connectivity index (χ4v) is 2.03. The van der Waals surface area contributed by atoms with Gasteiger partial charge in [-0.15, -0.1) is 10.2 Å². The normalized spacial score (nSPS) is 11.1. The second kappa shape index (κ2) is 3.87. The highest BCUT2D eigenvalue weighted by atomic mass is 16.3. The van der Waals surface area contributed by atoms with Gasteiger partial charge in [0.1, 0.15) is 5.58 Å². The van der Waals surface area contributed by atoms with Crippen molar-refractivity contribution in [1.29, 1.82) is 0 Å². The monoisotopic (exact) mass is 242 g/mol. The Labute approximate surface area is 104 Å². The lowest BCUT2D eigenvalue weighted by molar-refractivity contribution is 0.620. The zero-order valence-corrected chi connectivity index (χ0v) is 10.6. The lowest BCUT2D eigenvalue weighted by Crippen LogP contribution is -1.99. The molecule has 5 heteroatoms. The van der Waals surface area contributed by atoms with Gasteiger partial charge in [-0.3, -0.25) is 4.57 Å². The summed E-state index contributed by atoms with van der Waals surface area (Å²) in [5.74, 6) is 2.15. The number of aryl methyl sites for hydroxylation is 1. The van der Waals surface area contributed by atoms with Crippen LogP contribution in [0.15, 0.2) is 28.7 Å². The maximum atomic E-state index is 5.80. The number of hydrogen-bond donors (Lipinski definition) is 1. The number of nitrogens with zero attached hydrogens (tertiary/aromatic N) is 3. The maximum absolute atomic E-state index is 5.80. The summed E-state index contributed by atoms with van der Waals surface area (Å²) in [5.41, 5.74) is 2.08. The van der Waals surface area contributed by atoms with Gasteiger partial charge in [0.05, 0.1) is 0 Å². The minimum absolute atomic E-state index is 0.710. The molecule has 0 bridgehead atoms. The van der Waals surface area contributed by atoms with Crippen molar-refractivity contribution < 1.29 is 4.42 Å². The summed E-state index contributed by atoms with van der Waals surface area (Å²) < 4.78 is 7.66. The molecule has 0 unspecified atom stereocenters. The minimum Gasteiger partial charge on any atom is -0.453 e. The number of aromatic nitrogens is 3. The minimum atomic E-state index is 0.710. The van der Waals surface area contributed by atoms with Gasteiger partial charge in [-0.05, 0) is 25.1 Å². The fourth-order valence-electron chi connectivity index (χ4n) is 2.03. The second-order valence-corrected chi connectivity index (χ2v) is 4.31. The Kier molecular flexibility index (Phi) is 2.33. The number of rotatable bonds is 2. The summed E-state index contributed by atoms with van der Waals surface area (Å²) >= 11 is 0. The van der Waals surface area contributed by atoms with Crippen molar-refractivity contribution in [1.82, 2.24) is 14.8 Å². The standard InChI is InChI=1S/C13H14N4O/c1-8-4-5-10-9(6-8)7-11(18-10)12-15-16-13(14-2)17(12)3/h4-7H,1-3H3,(H,14,16). The van der Waals surface area contributed by atoms with Crippen LogP contribution in [0.25, 0.3) is 22.6 Å². The molecular weight excluding hydrogens is 228 g/mol. The first-order chi connectivity index (χ1) is 8.69. The Morgan fingerprint density at radius 1 is 1.22 bits per heavy atom. The quantitative estimate of drug-likeness (QED) is 0.750. The number of anilines is 1. The van der Waals surface area contributed by atoms with E-state index in [0.717, 1.165) is 16.7 Å². The molecule has 1 N–H and O–H groups in total.